The Morgan fingerprint density at radius 2 is 1.82 bits per heavy atom. The molecule has 6 heteroatoms. The monoisotopic (exact) mass is 259 g/mol. The molecule has 5 nitrogen and oxygen atoms in total. The number of hydrogen-bond donors (Lipinski definition) is 1. The fourth-order valence-corrected chi connectivity index (χ4v) is 2.45. The molecule has 1 N–H and O–H groups in total. The van der Waals surface area contributed by atoms with E-state index < -0.39 is 10.0 Å². The maximum absolute atomic E-state index is 11.9. The zero-order valence-electron chi connectivity index (χ0n) is 10.2. The smallest absolute Gasteiger partial charge is 0.240 e. The summed E-state index contributed by atoms with van der Waals surface area (Å²) in [6.45, 7) is 2.31. The summed E-state index contributed by atoms with van der Waals surface area (Å²) in [5.74, 6) is 0.897. The van der Waals surface area contributed by atoms with Crippen molar-refractivity contribution < 1.29 is 17.9 Å². The van der Waals surface area contributed by atoms with Crippen LogP contribution in [0, 0.1) is 0 Å². The molecule has 0 saturated carbocycles. The highest BCUT2D eigenvalue weighted by molar-refractivity contribution is 7.89. The van der Waals surface area contributed by atoms with Gasteiger partial charge in [0.2, 0.25) is 10.0 Å². The highest BCUT2D eigenvalue weighted by Gasteiger charge is 2.15. The molecule has 0 heterocycles. The van der Waals surface area contributed by atoms with E-state index in [4.69, 9.17) is 9.47 Å². The van der Waals surface area contributed by atoms with Crippen LogP contribution in [-0.4, -0.2) is 29.2 Å². The lowest BCUT2D eigenvalue weighted by molar-refractivity contribution is 0.354. The van der Waals surface area contributed by atoms with Crippen molar-refractivity contribution in [3.63, 3.8) is 0 Å². The van der Waals surface area contributed by atoms with E-state index in [2.05, 4.69) is 4.72 Å². The Morgan fingerprint density at radius 1 is 1.18 bits per heavy atom. The van der Waals surface area contributed by atoms with Crippen LogP contribution in [0.2, 0.25) is 0 Å². The van der Waals surface area contributed by atoms with Gasteiger partial charge in [0.05, 0.1) is 19.1 Å². The number of nitrogens with one attached hydrogen (secondary N) is 1. The fraction of sp³-hybridized carbons (Fsp3) is 0.455. The summed E-state index contributed by atoms with van der Waals surface area (Å²) >= 11 is 0. The standard InChI is InChI=1S/C11H17NO4S/c1-4-7-12-17(13,14)9-5-6-10(15-2)11(8-9)16-3/h5-6,8,12H,4,7H2,1-3H3. The number of rotatable bonds is 6. The minimum Gasteiger partial charge on any atom is -0.493 e. The summed E-state index contributed by atoms with van der Waals surface area (Å²) in [7, 11) is -0.498. The second-order valence-corrected chi connectivity index (χ2v) is 5.18. The second-order valence-electron chi connectivity index (χ2n) is 3.41. The van der Waals surface area contributed by atoms with Crippen molar-refractivity contribution >= 4 is 10.0 Å². The molecule has 0 fully saturated rings. The predicted octanol–water partition coefficient (Wildman–Crippen LogP) is 1.39. The predicted molar refractivity (Wildman–Crippen MR) is 65.0 cm³/mol. The van der Waals surface area contributed by atoms with E-state index >= 15 is 0 Å². The molecule has 0 aliphatic rings. The second kappa shape index (κ2) is 5.88. The molecule has 0 radical (unpaired) electrons. The normalized spacial score (nSPS) is 11.2. The Morgan fingerprint density at radius 3 is 2.35 bits per heavy atom. The van der Waals surface area contributed by atoms with Gasteiger partial charge in [-0.3, -0.25) is 0 Å². The molecule has 0 bridgehead atoms. The zero-order chi connectivity index (χ0) is 12.9. The van der Waals surface area contributed by atoms with Crippen LogP contribution in [0.1, 0.15) is 13.3 Å². The minimum absolute atomic E-state index is 0.170. The average Bonchev–Trinajstić information content (AvgIpc) is 2.35. The maximum atomic E-state index is 11.9. The van der Waals surface area contributed by atoms with Crippen LogP contribution in [0.5, 0.6) is 11.5 Å². The highest BCUT2D eigenvalue weighted by Crippen LogP contribution is 2.29. The van der Waals surface area contributed by atoms with Gasteiger partial charge in [-0.15, -0.1) is 0 Å². The lowest BCUT2D eigenvalue weighted by Crippen LogP contribution is -2.24. The third-order valence-corrected chi connectivity index (χ3v) is 3.67. The molecular weight excluding hydrogens is 242 g/mol. The van der Waals surface area contributed by atoms with Gasteiger partial charge in [-0.05, 0) is 18.6 Å². The average molecular weight is 259 g/mol. The Kier molecular flexibility index (Phi) is 4.77. The van der Waals surface area contributed by atoms with E-state index in [1.54, 1.807) is 6.07 Å². The van der Waals surface area contributed by atoms with Crippen molar-refractivity contribution in [2.75, 3.05) is 20.8 Å². The van der Waals surface area contributed by atoms with Crippen molar-refractivity contribution in [3.8, 4) is 11.5 Å². The van der Waals surface area contributed by atoms with E-state index in [1.165, 1.54) is 26.4 Å². The van der Waals surface area contributed by atoms with Crippen molar-refractivity contribution in [3.05, 3.63) is 18.2 Å². The molecule has 0 aliphatic heterocycles. The molecule has 17 heavy (non-hydrogen) atoms. The molecule has 0 aromatic heterocycles. The largest absolute Gasteiger partial charge is 0.493 e. The van der Waals surface area contributed by atoms with Crippen LogP contribution in [0.3, 0.4) is 0 Å². The first-order valence-electron chi connectivity index (χ1n) is 5.27. The van der Waals surface area contributed by atoms with Crippen molar-refractivity contribution in [2.24, 2.45) is 0 Å². The summed E-state index contributed by atoms with van der Waals surface area (Å²) in [5, 5.41) is 0. The Labute approximate surface area is 102 Å². The number of hydrogen-bond acceptors (Lipinski definition) is 4. The summed E-state index contributed by atoms with van der Waals surface area (Å²) in [6.07, 6.45) is 0.743. The first-order chi connectivity index (χ1) is 8.05. The number of methoxy groups -OCH3 is 2. The molecule has 0 atom stereocenters. The van der Waals surface area contributed by atoms with Crippen LogP contribution < -0.4 is 14.2 Å². The van der Waals surface area contributed by atoms with Gasteiger partial charge in [0.1, 0.15) is 0 Å². The van der Waals surface area contributed by atoms with E-state index in [9.17, 15) is 8.42 Å². The van der Waals surface area contributed by atoms with Crippen LogP contribution >= 0.6 is 0 Å². The minimum atomic E-state index is -3.47. The molecule has 1 rings (SSSR count). The first kappa shape index (κ1) is 13.8. The van der Waals surface area contributed by atoms with E-state index in [0.717, 1.165) is 6.42 Å². The van der Waals surface area contributed by atoms with Crippen LogP contribution in [-0.2, 0) is 10.0 Å². The number of sulfonamides is 1. The Hall–Kier alpha value is -1.27. The fourth-order valence-electron chi connectivity index (χ4n) is 1.30. The lowest BCUT2D eigenvalue weighted by atomic mass is 10.3. The van der Waals surface area contributed by atoms with Gasteiger partial charge in [0.25, 0.3) is 0 Å². The van der Waals surface area contributed by atoms with Crippen molar-refractivity contribution in [1.82, 2.24) is 4.72 Å². The van der Waals surface area contributed by atoms with Gasteiger partial charge in [-0.1, -0.05) is 6.92 Å². The first-order valence-corrected chi connectivity index (χ1v) is 6.75. The van der Waals surface area contributed by atoms with Gasteiger partial charge in [-0.2, -0.15) is 0 Å². The van der Waals surface area contributed by atoms with Gasteiger partial charge < -0.3 is 9.47 Å². The Balaban J connectivity index is 3.07. The third kappa shape index (κ3) is 3.34. The molecule has 96 valence electrons. The highest BCUT2D eigenvalue weighted by atomic mass is 32.2. The van der Waals surface area contributed by atoms with Gasteiger partial charge in [0.15, 0.2) is 11.5 Å². The third-order valence-electron chi connectivity index (χ3n) is 2.21. The molecule has 0 spiro atoms. The van der Waals surface area contributed by atoms with Gasteiger partial charge in [0, 0.05) is 12.6 Å². The summed E-state index contributed by atoms with van der Waals surface area (Å²) in [6, 6.07) is 4.50. The van der Waals surface area contributed by atoms with Crippen molar-refractivity contribution in [1.29, 1.82) is 0 Å². The summed E-state index contributed by atoms with van der Waals surface area (Å²) < 4.78 is 36.3. The van der Waals surface area contributed by atoms with Gasteiger partial charge >= 0.3 is 0 Å². The lowest BCUT2D eigenvalue weighted by Gasteiger charge is -2.10. The van der Waals surface area contributed by atoms with Crippen molar-refractivity contribution in [2.45, 2.75) is 18.2 Å². The number of ether oxygens (including phenoxy) is 2. The van der Waals surface area contributed by atoms with Crippen LogP contribution in [0.15, 0.2) is 23.1 Å². The SMILES string of the molecule is CCCNS(=O)(=O)c1ccc(OC)c(OC)c1. The molecule has 0 unspecified atom stereocenters. The molecule has 0 saturated heterocycles. The van der Waals surface area contributed by atoms with Crippen LogP contribution in [0.25, 0.3) is 0 Å². The number of benzene rings is 1. The Bertz CT molecular complexity index is 470. The van der Waals surface area contributed by atoms with E-state index in [-0.39, 0.29) is 4.90 Å². The molecule has 0 aliphatic carbocycles. The van der Waals surface area contributed by atoms with E-state index in [0.29, 0.717) is 18.0 Å². The quantitative estimate of drug-likeness (QED) is 0.838. The molecule has 1 aromatic rings. The van der Waals surface area contributed by atoms with Gasteiger partial charge in [-0.25, -0.2) is 13.1 Å². The zero-order valence-corrected chi connectivity index (χ0v) is 11.0. The summed E-state index contributed by atoms with van der Waals surface area (Å²) in [4.78, 5) is 0.170. The topological polar surface area (TPSA) is 64.6 Å². The van der Waals surface area contributed by atoms with E-state index in [1.807, 2.05) is 6.92 Å². The molecular formula is C11H17NO4S. The summed E-state index contributed by atoms with van der Waals surface area (Å²) in [5.41, 5.74) is 0. The maximum Gasteiger partial charge on any atom is 0.240 e. The van der Waals surface area contributed by atoms with Crippen LogP contribution in [0.4, 0.5) is 0 Å². The molecule has 1 aromatic carbocycles. The molecule has 0 amide bonds.